The quantitative estimate of drug-likeness (QED) is 0.506. The van der Waals surface area contributed by atoms with Crippen molar-refractivity contribution in [2.75, 3.05) is 40.0 Å². The Kier molecular flexibility index (Phi) is 6.59. The molecule has 1 aliphatic heterocycles. The second kappa shape index (κ2) is 9.72. The number of ether oxygens (including phenoxy) is 2. The molecule has 0 unspecified atom stereocenters. The molecule has 2 aromatic carbocycles. The van der Waals surface area contributed by atoms with Gasteiger partial charge in [0.05, 0.1) is 44.4 Å². The number of carbonyl (C=O) groups is 1. The van der Waals surface area contributed by atoms with Gasteiger partial charge in [-0.2, -0.15) is 5.10 Å². The molecule has 1 aromatic heterocycles. The molecule has 0 saturated carbocycles. The molecule has 1 aliphatic rings. The van der Waals surface area contributed by atoms with Gasteiger partial charge in [-0.25, -0.2) is 5.10 Å². The molecule has 8 nitrogen and oxygen atoms in total. The van der Waals surface area contributed by atoms with E-state index in [1.807, 2.05) is 24.3 Å². The van der Waals surface area contributed by atoms with Gasteiger partial charge in [-0.05, 0) is 30.3 Å². The van der Waals surface area contributed by atoms with Gasteiger partial charge in [-0.1, -0.05) is 18.2 Å². The van der Waals surface area contributed by atoms with Gasteiger partial charge in [0.1, 0.15) is 24.9 Å². The second-order valence-electron chi connectivity index (χ2n) is 7.62. The minimum atomic E-state index is -0.254. The molecule has 31 heavy (non-hydrogen) atoms. The van der Waals surface area contributed by atoms with Crippen LogP contribution in [0.15, 0.2) is 53.3 Å². The Morgan fingerprint density at radius 1 is 1.16 bits per heavy atom. The molecule has 0 radical (unpaired) electrons. The fourth-order valence-corrected chi connectivity index (χ4v) is 4.05. The van der Waals surface area contributed by atoms with Crippen molar-refractivity contribution in [3.05, 3.63) is 70.1 Å². The average molecular weight is 423 g/mol. The highest BCUT2D eigenvalue weighted by atomic mass is 16.5. The van der Waals surface area contributed by atoms with E-state index in [1.165, 1.54) is 4.90 Å². The van der Waals surface area contributed by atoms with Crippen LogP contribution in [0.5, 0.6) is 5.75 Å². The number of benzene rings is 2. The molecule has 3 N–H and O–H groups in total. The summed E-state index contributed by atoms with van der Waals surface area (Å²) in [7, 11) is 1.65. The first-order chi connectivity index (χ1) is 15.2. The molecule has 162 valence electrons. The molecule has 4 rings (SSSR count). The Morgan fingerprint density at radius 3 is 2.58 bits per heavy atom. The summed E-state index contributed by atoms with van der Waals surface area (Å²) < 4.78 is 10.8. The van der Waals surface area contributed by atoms with E-state index in [9.17, 15) is 9.59 Å². The van der Waals surface area contributed by atoms with Gasteiger partial charge >= 0.3 is 0 Å². The molecular formula is C23H27N4O4+. The summed E-state index contributed by atoms with van der Waals surface area (Å²) in [6.45, 7) is 3.70. The van der Waals surface area contributed by atoms with E-state index in [0.29, 0.717) is 36.2 Å². The third-order valence-electron chi connectivity index (χ3n) is 5.75. The van der Waals surface area contributed by atoms with Crippen molar-refractivity contribution in [1.29, 1.82) is 0 Å². The predicted octanol–water partition coefficient (Wildman–Crippen LogP) is 0.247. The van der Waals surface area contributed by atoms with Gasteiger partial charge < -0.3 is 19.7 Å². The molecule has 1 amide bonds. The van der Waals surface area contributed by atoms with E-state index in [1.54, 1.807) is 19.2 Å². The number of nitrogens with zero attached hydrogens (tertiary/aromatic N) is 1. The highest BCUT2D eigenvalue weighted by Gasteiger charge is 2.27. The Balaban J connectivity index is 1.48. The molecule has 3 aromatic rings. The zero-order valence-corrected chi connectivity index (χ0v) is 17.5. The minimum Gasteiger partial charge on any atom is -0.497 e. The summed E-state index contributed by atoms with van der Waals surface area (Å²) >= 11 is 0. The van der Waals surface area contributed by atoms with E-state index in [4.69, 9.17) is 9.47 Å². The monoisotopic (exact) mass is 423 g/mol. The van der Waals surface area contributed by atoms with Crippen LogP contribution in [0.3, 0.4) is 0 Å². The summed E-state index contributed by atoms with van der Waals surface area (Å²) in [5.41, 5.74) is 1.45. The number of morpholine rings is 1. The molecule has 2 heterocycles. The van der Waals surface area contributed by atoms with Crippen LogP contribution in [0.25, 0.3) is 10.8 Å². The first-order valence-electron chi connectivity index (χ1n) is 10.4. The number of carbonyl (C=O) groups excluding carboxylic acids is 1. The number of rotatable bonds is 7. The number of hydrogen-bond acceptors (Lipinski definition) is 5. The van der Waals surface area contributed by atoms with E-state index in [2.05, 4.69) is 27.6 Å². The van der Waals surface area contributed by atoms with Crippen molar-refractivity contribution in [2.45, 2.75) is 12.5 Å². The van der Waals surface area contributed by atoms with Crippen LogP contribution in [-0.2, 0) is 16.0 Å². The first-order valence-corrected chi connectivity index (χ1v) is 10.4. The van der Waals surface area contributed by atoms with E-state index in [0.717, 1.165) is 24.4 Å². The molecule has 0 aliphatic carbocycles. The molecule has 1 saturated heterocycles. The normalized spacial score (nSPS) is 15.5. The minimum absolute atomic E-state index is 0.102. The summed E-state index contributed by atoms with van der Waals surface area (Å²) in [5.74, 6) is 0.676. The van der Waals surface area contributed by atoms with E-state index in [-0.39, 0.29) is 23.9 Å². The number of nitrogens with one attached hydrogen (secondary N) is 3. The van der Waals surface area contributed by atoms with Crippen molar-refractivity contribution in [3.8, 4) is 5.75 Å². The zero-order chi connectivity index (χ0) is 21.6. The van der Waals surface area contributed by atoms with Crippen molar-refractivity contribution in [3.63, 3.8) is 0 Å². The summed E-state index contributed by atoms with van der Waals surface area (Å²) in [4.78, 5) is 26.1. The van der Waals surface area contributed by atoms with Crippen LogP contribution >= 0.6 is 0 Å². The molecular weight excluding hydrogens is 396 g/mol. The van der Waals surface area contributed by atoms with E-state index < -0.39 is 0 Å². The lowest BCUT2D eigenvalue weighted by atomic mass is 10.0. The maximum Gasteiger partial charge on any atom is 0.272 e. The van der Waals surface area contributed by atoms with Crippen LogP contribution in [0, 0.1) is 0 Å². The van der Waals surface area contributed by atoms with Crippen molar-refractivity contribution >= 4 is 16.7 Å². The number of quaternary nitrogens is 1. The summed E-state index contributed by atoms with van der Waals surface area (Å²) in [5, 5.41) is 10.9. The van der Waals surface area contributed by atoms with Gasteiger partial charge in [-0.15, -0.1) is 0 Å². The van der Waals surface area contributed by atoms with E-state index >= 15 is 0 Å². The number of amides is 1. The standard InChI is InChI=1S/C23H26N4O4/c1-30-17-8-6-16(7-9-17)21(27-10-12-31-13-11-27)15-24-22(28)14-20-18-4-2-3-5-19(18)23(29)26-25-20/h2-9,21H,10-15H2,1H3,(H,24,28)(H,26,29)/p+1/t21-/m0/s1. The predicted molar refractivity (Wildman–Crippen MR) is 116 cm³/mol. The van der Waals surface area contributed by atoms with Crippen LogP contribution in [0.1, 0.15) is 17.3 Å². The number of fused-ring (bicyclic) bond motifs is 1. The van der Waals surface area contributed by atoms with Gasteiger partial charge in [0, 0.05) is 10.9 Å². The lowest BCUT2D eigenvalue weighted by Crippen LogP contribution is -3.15. The smallest absolute Gasteiger partial charge is 0.272 e. The lowest BCUT2D eigenvalue weighted by Gasteiger charge is -2.32. The number of aromatic nitrogens is 2. The van der Waals surface area contributed by atoms with Crippen molar-refractivity contribution < 1.29 is 19.2 Å². The Labute approximate surface area is 180 Å². The lowest BCUT2D eigenvalue weighted by molar-refractivity contribution is -0.937. The molecule has 0 spiro atoms. The highest BCUT2D eigenvalue weighted by molar-refractivity contribution is 5.88. The Hall–Kier alpha value is -3.23. The van der Waals surface area contributed by atoms with Gasteiger partial charge in [0.25, 0.3) is 5.56 Å². The molecule has 0 bridgehead atoms. The van der Waals surface area contributed by atoms with Crippen LogP contribution in [-0.4, -0.2) is 56.1 Å². The van der Waals surface area contributed by atoms with Crippen LogP contribution < -0.4 is 20.5 Å². The largest absolute Gasteiger partial charge is 0.497 e. The average Bonchev–Trinajstić information content (AvgIpc) is 2.82. The fourth-order valence-electron chi connectivity index (χ4n) is 4.05. The Morgan fingerprint density at radius 2 is 1.87 bits per heavy atom. The van der Waals surface area contributed by atoms with Crippen molar-refractivity contribution in [2.24, 2.45) is 0 Å². The third-order valence-corrected chi connectivity index (χ3v) is 5.75. The number of H-pyrrole nitrogens is 1. The molecule has 1 fully saturated rings. The second-order valence-corrected chi connectivity index (χ2v) is 7.62. The highest BCUT2D eigenvalue weighted by Crippen LogP contribution is 2.16. The Bertz CT molecular complexity index is 1090. The van der Waals surface area contributed by atoms with Crippen molar-refractivity contribution in [1.82, 2.24) is 15.5 Å². The van der Waals surface area contributed by atoms with Gasteiger partial charge in [0.15, 0.2) is 0 Å². The first kappa shape index (κ1) is 21.0. The van der Waals surface area contributed by atoms with Crippen LogP contribution in [0.2, 0.25) is 0 Å². The zero-order valence-electron chi connectivity index (χ0n) is 17.5. The SMILES string of the molecule is COc1ccc([C@H](CNC(=O)Cc2n[nH]c(=O)c3ccccc23)[NH+]2CCOCC2)cc1. The van der Waals surface area contributed by atoms with Gasteiger partial charge in [-0.3, -0.25) is 9.59 Å². The third kappa shape index (κ3) is 4.92. The number of aromatic amines is 1. The molecule has 8 heteroatoms. The summed E-state index contributed by atoms with van der Waals surface area (Å²) in [6, 6.07) is 15.3. The van der Waals surface area contributed by atoms with Crippen LogP contribution in [0.4, 0.5) is 0 Å². The number of methoxy groups -OCH3 is 1. The maximum atomic E-state index is 12.8. The maximum absolute atomic E-state index is 12.8. The van der Waals surface area contributed by atoms with Gasteiger partial charge in [0.2, 0.25) is 5.91 Å². The summed E-state index contributed by atoms with van der Waals surface area (Å²) in [6.07, 6.45) is 0.102. The molecule has 1 atom stereocenters. The fraction of sp³-hybridized carbons (Fsp3) is 0.348. The number of hydrogen-bond donors (Lipinski definition) is 3. The topological polar surface area (TPSA) is 97.7 Å².